The Bertz CT molecular complexity index is 652. The Morgan fingerprint density at radius 1 is 0.905 bits per heavy atom. The van der Waals surface area contributed by atoms with Crippen LogP contribution >= 0.6 is 0 Å². The third-order valence-electron chi connectivity index (χ3n) is 3.90. The minimum absolute atomic E-state index is 0.610. The van der Waals surface area contributed by atoms with Gasteiger partial charge in [-0.1, -0.05) is 18.2 Å². The fourth-order valence-corrected chi connectivity index (χ4v) is 2.76. The SMILES string of the molecule is N#Cc1ccc(N2CCN(c3ccccc3)CC2)c(N)c1. The Hall–Kier alpha value is -2.67. The molecular weight excluding hydrogens is 260 g/mol. The van der Waals surface area contributed by atoms with Gasteiger partial charge in [0, 0.05) is 31.9 Å². The molecule has 4 nitrogen and oxygen atoms in total. The predicted molar refractivity (Wildman–Crippen MR) is 86.4 cm³/mol. The number of piperazine rings is 1. The van der Waals surface area contributed by atoms with E-state index in [9.17, 15) is 0 Å². The fraction of sp³-hybridized carbons (Fsp3) is 0.235. The molecule has 1 saturated heterocycles. The number of nitrogens with two attached hydrogens (primary N) is 1. The number of benzene rings is 2. The first kappa shape index (κ1) is 13.3. The minimum Gasteiger partial charge on any atom is -0.397 e. The highest BCUT2D eigenvalue weighted by molar-refractivity contribution is 5.70. The number of nitrogens with zero attached hydrogens (tertiary/aromatic N) is 3. The van der Waals surface area contributed by atoms with E-state index in [1.165, 1.54) is 5.69 Å². The molecule has 0 bridgehead atoms. The van der Waals surface area contributed by atoms with E-state index in [0.29, 0.717) is 11.3 Å². The van der Waals surface area contributed by atoms with Gasteiger partial charge in [0.1, 0.15) is 0 Å². The van der Waals surface area contributed by atoms with Crippen LogP contribution in [0.25, 0.3) is 0 Å². The molecule has 1 heterocycles. The van der Waals surface area contributed by atoms with Crippen LogP contribution in [0, 0.1) is 11.3 Å². The maximum absolute atomic E-state index is 8.90. The molecule has 0 unspecified atom stereocenters. The number of hydrogen-bond donors (Lipinski definition) is 1. The van der Waals surface area contributed by atoms with Crippen molar-refractivity contribution in [3.05, 3.63) is 54.1 Å². The molecule has 3 rings (SSSR count). The molecule has 0 spiro atoms. The molecule has 0 amide bonds. The first-order valence-corrected chi connectivity index (χ1v) is 7.12. The Balaban J connectivity index is 1.70. The van der Waals surface area contributed by atoms with Crippen molar-refractivity contribution in [2.24, 2.45) is 0 Å². The van der Waals surface area contributed by atoms with Crippen LogP contribution in [0.4, 0.5) is 17.1 Å². The van der Waals surface area contributed by atoms with Gasteiger partial charge in [0.25, 0.3) is 0 Å². The topological polar surface area (TPSA) is 56.3 Å². The van der Waals surface area contributed by atoms with E-state index in [4.69, 9.17) is 11.0 Å². The Labute approximate surface area is 125 Å². The van der Waals surface area contributed by atoms with E-state index in [1.54, 1.807) is 6.07 Å². The Kier molecular flexibility index (Phi) is 3.65. The van der Waals surface area contributed by atoms with Crippen molar-refractivity contribution in [1.29, 1.82) is 5.26 Å². The summed E-state index contributed by atoms with van der Waals surface area (Å²) in [5.41, 5.74) is 9.66. The summed E-state index contributed by atoms with van der Waals surface area (Å²) in [5.74, 6) is 0. The number of anilines is 3. The van der Waals surface area contributed by atoms with E-state index in [0.717, 1.165) is 31.9 Å². The van der Waals surface area contributed by atoms with Crippen LogP contribution in [0.15, 0.2) is 48.5 Å². The molecule has 106 valence electrons. The zero-order valence-electron chi connectivity index (χ0n) is 11.9. The second-order valence-corrected chi connectivity index (χ2v) is 5.20. The lowest BCUT2D eigenvalue weighted by atomic mass is 10.1. The van der Waals surface area contributed by atoms with Gasteiger partial charge in [-0.3, -0.25) is 0 Å². The number of rotatable bonds is 2. The van der Waals surface area contributed by atoms with Crippen LogP contribution in [-0.2, 0) is 0 Å². The molecule has 0 aromatic heterocycles. The normalized spacial score (nSPS) is 14.8. The maximum atomic E-state index is 8.90. The number of nitrogen functional groups attached to an aromatic ring is 1. The van der Waals surface area contributed by atoms with Gasteiger partial charge in [-0.2, -0.15) is 5.26 Å². The molecule has 0 radical (unpaired) electrons. The molecule has 2 N–H and O–H groups in total. The largest absolute Gasteiger partial charge is 0.397 e. The van der Waals surface area contributed by atoms with Crippen LogP contribution in [-0.4, -0.2) is 26.2 Å². The van der Waals surface area contributed by atoms with Crippen LogP contribution in [0.1, 0.15) is 5.56 Å². The van der Waals surface area contributed by atoms with Crippen molar-refractivity contribution in [3.63, 3.8) is 0 Å². The van der Waals surface area contributed by atoms with Gasteiger partial charge < -0.3 is 15.5 Å². The first-order valence-electron chi connectivity index (χ1n) is 7.12. The van der Waals surface area contributed by atoms with E-state index >= 15 is 0 Å². The molecule has 1 aliphatic heterocycles. The summed E-state index contributed by atoms with van der Waals surface area (Å²) >= 11 is 0. The zero-order valence-corrected chi connectivity index (χ0v) is 11.9. The smallest absolute Gasteiger partial charge is 0.0992 e. The fourth-order valence-electron chi connectivity index (χ4n) is 2.76. The molecule has 1 aliphatic rings. The molecule has 1 fully saturated rings. The molecule has 2 aromatic rings. The van der Waals surface area contributed by atoms with Crippen molar-refractivity contribution >= 4 is 17.1 Å². The summed E-state index contributed by atoms with van der Waals surface area (Å²) in [6, 6.07) is 18.1. The van der Waals surface area contributed by atoms with Gasteiger partial charge in [0.2, 0.25) is 0 Å². The standard InChI is InChI=1S/C17H18N4/c18-13-14-6-7-17(16(19)12-14)21-10-8-20(9-11-21)15-4-2-1-3-5-15/h1-7,12H,8-11,19H2. The van der Waals surface area contributed by atoms with Gasteiger partial charge in [0.05, 0.1) is 23.0 Å². The second-order valence-electron chi connectivity index (χ2n) is 5.20. The molecular formula is C17H18N4. The van der Waals surface area contributed by atoms with Crippen LogP contribution in [0.2, 0.25) is 0 Å². The average Bonchev–Trinajstić information content (AvgIpc) is 2.56. The number of nitriles is 1. The van der Waals surface area contributed by atoms with Crippen molar-refractivity contribution < 1.29 is 0 Å². The molecule has 0 saturated carbocycles. The maximum Gasteiger partial charge on any atom is 0.0992 e. The number of para-hydroxylation sites is 1. The lowest BCUT2D eigenvalue weighted by molar-refractivity contribution is 0.654. The highest BCUT2D eigenvalue weighted by atomic mass is 15.3. The predicted octanol–water partition coefficient (Wildman–Crippen LogP) is 2.47. The molecule has 2 aromatic carbocycles. The lowest BCUT2D eigenvalue weighted by Crippen LogP contribution is -2.46. The summed E-state index contributed by atoms with van der Waals surface area (Å²) in [6.07, 6.45) is 0. The summed E-state index contributed by atoms with van der Waals surface area (Å²) in [4.78, 5) is 4.67. The number of hydrogen-bond acceptors (Lipinski definition) is 4. The second kappa shape index (κ2) is 5.76. The van der Waals surface area contributed by atoms with E-state index in [2.05, 4.69) is 40.1 Å². The quantitative estimate of drug-likeness (QED) is 0.857. The van der Waals surface area contributed by atoms with Gasteiger partial charge >= 0.3 is 0 Å². The molecule has 21 heavy (non-hydrogen) atoms. The van der Waals surface area contributed by atoms with Crippen molar-refractivity contribution in [2.45, 2.75) is 0 Å². The first-order chi connectivity index (χ1) is 10.3. The highest BCUT2D eigenvalue weighted by Gasteiger charge is 2.18. The average molecular weight is 278 g/mol. The summed E-state index contributed by atoms with van der Waals surface area (Å²) in [6.45, 7) is 3.82. The molecule has 4 heteroatoms. The lowest BCUT2D eigenvalue weighted by Gasteiger charge is -2.37. The van der Waals surface area contributed by atoms with Crippen molar-refractivity contribution in [1.82, 2.24) is 0 Å². The van der Waals surface area contributed by atoms with E-state index in [1.807, 2.05) is 18.2 Å². The monoisotopic (exact) mass is 278 g/mol. The van der Waals surface area contributed by atoms with Gasteiger partial charge in [-0.15, -0.1) is 0 Å². The van der Waals surface area contributed by atoms with E-state index in [-0.39, 0.29) is 0 Å². The van der Waals surface area contributed by atoms with Gasteiger partial charge in [0.15, 0.2) is 0 Å². The molecule has 0 atom stereocenters. The van der Waals surface area contributed by atoms with Crippen LogP contribution in [0.3, 0.4) is 0 Å². The van der Waals surface area contributed by atoms with Crippen LogP contribution < -0.4 is 15.5 Å². The highest BCUT2D eigenvalue weighted by Crippen LogP contribution is 2.26. The van der Waals surface area contributed by atoms with Gasteiger partial charge in [-0.05, 0) is 30.3 Å². The minimum atomic E-state index is 0.610. The summed E-state index contributed by atoms with van der Waals surface area (Å²) < 4.78 is 0. The third kappa shape index (κ3) is 2.77. The Morgan fingerprint density at radius 2 is 1.57 bits per heavy atom. The van der Waals surface area contributed by atoms with Crippen LogP contribution in [0.5, 0.6) is 0 Å². The van der Waals surface area contributed by atoms with Crippen molar-refractivity contribution in [2.75, 3.05) is 41.7 Å². The van der Waals surface area contributed by atoms with E-state index < -0.39 is 0 Å². The molecule has 0 aliphatic carbocycles. The summed E-state index contributed by atoms with van der Waals surface area (Å²) in [7, 11) is 0. The van der Waals surface area contributed by atoms with Crippen molar-refractivity contribution in [3.8, 4) is 6.07 Å². The summed E-state index contributed by atoms with van der Waals surface area (Å²) in [5, 5.41) is 8.90. The third-order valence-corrected chi connectivity index (χ3v) is 3.90. The zero-order chi connectivity index (χ0) is 14.7. The van der Waals surface area contributed by atoms with Gasteiger partial charge in [-0.25, -0.2) is 0 Å². The Morgan fingerprint density at radius 3 is 2.19 bits per heavy atom.